The van der Waals surface area contributed by atoms with E-state index < -0.39 is 0 Å². The molecule has 3 nitrogen and oxygen atoms in total. The Balaban J connectivity index is 1.74. The molecule has 0 aromatic heterocycles. The van der Waals surface area contributed by atoms with Gasteiger partial charge in [-0.2, -0.15) is 0 Å². The van der Waals surface area contributed by atoms with Gasteiger partial charge in [-0.15, -0.1) is 0 Å². The second kappa shape index (κ2) is 5.83. The summed E-state index contributed by atoms with van der Waals surface area (Å²) >= 11 is 0.962. The fraction of sp³-hybridized carbons (Fsp3) is 0.375. The van der Waals surface area contributed by atoms with E-state index in [4.69, 9.17) is 0 Å². The first kappa shape index (κ1) is 13.4. The summed E-state index contributed by atoms with van der Waals surface area (Å²) in [6.45, 7) is 0. The van der Waals surface area contributed by atoms with Gasteiger partial charge in [0.2, 0.25) is 0 Å². The maximum Gasteiger partial charge on any atom is 0.290 e. The number of benzene rings is 1. The molecule has 2 aliphatic rings. The minimum absolute atomic E-state index is 0.292. The van der Waals surface area contributed by atoms with Gasteiger partial charge in [-0.25, -0.2) is 0 Å². The topological polar surface area (TPSA) is 46.2 Å². The van der Waals surface area contributed by atoms with Crippen molar-refractivity contribution in [3.8, 4) is 0 Å². The number of hydrogen-bond acceptors (Lipinski definition) is 3. The van der Waals surface area contributed by atoms with Crippen LogP contribution in [0.2, 0.25) is 0 Å². The average molecular weight is 287 g/mol. The Hall–Kier alpha value is -1.55. The van der Waals surface area contributed by atoms with Crippen LogP contribution in [-0.4, -0.2) is 11.1 Å². The maximum absolute atomic E-state index is 11.5. The molecular weight excluding hydrogens is 270 g/mol. The Morgan fingerprint density at radius 3 is 2.35 bits per heavy atom. The summed E-state index contributed by atoms with van der Waals surface area (Å²) in [7, 11) is 0. The smallest absolute Gasteiger partial charge is 0.282 e. The van der Waals surface area contributed by atoms with Crippen LogP contribution in [0, 0.1) is 0 Å². The number of rotatable bonds is 2. The molecule has 4 heteroatoms. The van der Waals surface area contributed by atoms with Gasteiger partial charge >= 0.3 is 0 Å². The van der Waals surface area contributed by atoms with Gasteiger partial charge in [0, 0.05) is 0 Å². The highest BCUT2D eigenvalue weighted by Gasteiger charge is 2.24. The number of amides is 2. The van der Waals surface area contributed by atoms with Gasteiger partial charge in [-0.1, -0.05) is 43.5 Å². The third-order valence-corrected chi connectivity index (χ3v) is 4.76. The molecule has 104 valence electrons. The van der Waals surface area contributed by atoms with Gasteiger partial charge in [0.1, 0.15) is 0 Å². The molecule has 1 aromatic carbocycles. The van der Waals surface area contributed by atoms with Crippen molar-refractivity contribution in [1.82, 2.24) is 5.32 Å². The second-order valence-electron chi connectivity index (χ2n) is 5.35. The zero-order valence-corrected chi connectivity index (χ0v) is 12.0. The van der Waals surface area contributed by atoms with Crippen molar-refractivity contribution in [2.45, 2.75) is 38.0 Å². The normalized spacial score (nSPS) is 22.3. The van der Waals surface area contributed by atoms with E-state index in [-0.39, 0.29) is 11.1 Å². The number of hydrogen-bond donors (Lipinski definition) is 1. The van der Waals surface area contributed by atoms with Gasteiger partial charge < -0.3 is 0 Å². The molecule has 1 aliphatic heterocycles. The third-order valence-electron chi connectivity index (χ3n) is 3.95. The molecule has 1 saturated heterocycles. The van der Waals surface area contributed by atoms with Crippen LogP contribution in [0.4, 0.5) is 4.79 Å². The Kier molecular flexibility index (Phi) is 3.92. The third kappa shape index (κ3) is 2.96. The lowest BCUT2D eigenvalue weighted by Crippen LogP contribution is -2.17. The van der Waals surface area contributed by atoms with Gasteiger partial charge in [0.15, 0.2) is 0 Å². The molecule has 0 unspecified atom stereocenters. The molecule has 1 heterocycles. The lowest BCUT2D eigenvalue weighted by atomic mass is 9.84. The van der Waals surface area contributed by atoms with E-state index in [0.29, 0.717) is 10.8 Å². The van der Waals surface area contributed by atoms with Crippen LogP contribution in [0.5, 0.6) is 0 Å². The quantitative estimate of drug-likeness (QED) is 0.834. The van der Waals surface area contributed by atoms with E-state index in [0.717, 1.165) is 17.3 Å². The van der Waals surface area contributed by atoms with Crippen LogP contribution in [0.3, 0.4) is 0 Å². The summed E-state index contributed by atoms with van der Waals surface area (Å²) in [4.78, 5) is 23.1. The summed E-state index contributed by atoms with van der Waals surface area (Å²) in [5, 5.41) is 1.98. The highest BCUT2D eigenvalue weighted by Crippen LogP contribution is 2.33. The summed E-state index contributed by atoms with van der Waals surface area (Å²) in [5.74, 6) is 0.396. The second-order valence-corrected chi connectivity index (χ2v) is 6.37. The van der Waals surface area contributed by atoms with Crippen molar-refractivity contribution in [3.05, 3.63) is 40.3 Å². The lowest BCUT2D eigenvalue weighted by molar-refractivity contribution is -0.115. The van der Waals surface area contributed by atoms with Crippen molar-refractivity contribution in [2.75, 3.05) is 0 Å². The van der Waals surface area contributed by atoms with Crippen LogP contribution < -0.4 is 5.32 Å². The minimum atomic E-state index is -0.295. The predicted molar refractivity (Wildman–Crippen MR) is 81.4 cm³/mol. The molecule has 1 aliphatic carbocycles. The summed E-state index contributed by atoms with van der Waals surface area (Å²) in [6, 6.07) is 8.38. The molecule has 1 aromatic rings. The number of imide groups is 1. The van der Waals surface area contributed by atoms with Crippen LogP contribution in [0.25, 0.3) is 6.08 Å². The number of thioether (sulfide) groups is 1. The van der Waals surface area contributed by atoms with Crippen LogP contribution in [0.1, 0.15) is 49.1 Å². The molecule has 0 radical (unpaired) electrons. The van der Waals surface area contributed by atoms with E-state index in [1.54, 1.807) is 6.08 Å². The van der Waals surface area contributed by atoms with Crippen LogP contribution >= 0.6 is 11.8 Å². The molecule has 3 rings (SSSR count). The molecule has 1 N–H and O–H groups in total. The Morgan fingerprint density at radius 1 is 1.05 bits per heavy atom. The molecule has 2 amide bonds. The van der Waals surface area contributed by atoms with Crippen molar-refractivity contribution in [2.24, 2.45) is 0 Å². The van der Waals surface area contributed by atoms with E-state index in [2.05, 4.69) is 17.4 Å². The van der Waals surface area contributed by atoms with Crippen molar-refractivity contribution in [1.29, 1.82) is 0 Å². The fourth-order valence-corrected chi connectivity index (χ4v) is 3.55. The van der Waals surface area contributed by atoms with Gasteiger partial charge in [-0.3, -0.25) is 14.9 Å². The van der Waals surface area contributed by atoms with E-state index in [1.165, 1.54) is 37.7 Å². The molecule has 0 atom stereocenters. The largest absolute Gasteiger partial charge is 0.290 e. The Morgan fingerprint density at radius 2 is 1.75 bits per heavy atom. The van der Waals surface area contributed by atoms with Crippen molar-refractivity contribution in [3.63, 3.8) is 0 Å². The summed E-state index contributed by atoms with van der Waals surface area (Å²) in [5.41, 5.74) is 2.36. The first-order valence-corrected chi connectivity index (χ1v) is 7.89. The molecule has 0 bridgehead atoms. The first-order valence-electron chi connectivity index (χ1n) is 7.07. The van der Waals surface area contributed by atoms with Crippen LogP contribution in [0.15, 0.2) is 29.2 Å². The van der Waals surface area contributed by atoms with E-state index >= 15 is 0 Å². The molecular formula is C16H17NO2S. The molecule has 0 spiro atoms. The lowest BCUT2D eigenvalue weighted by Gasteiger charge is -2.21. The zero-order chi connectivity index (χ0) is 13.9. The number of carbonyl (C=O) groups is 2. The van der Waals surface area contributed by atoms with Gasteiger partial charge in [-0.05, 0) is 47.7 Å². The number of nitrogens with one attached hydrogen (secondary N) is 1. The fourth-order valence-electron chi connectivity index (χ4n) is 2.87. The van der Waals surface area contributed by atoms with Gasteiger partial charge in [0.25, 0.3) is 11.1 Å². The average Bonchev–Trinajstić information content (AvgIpc) is 2.79. The van der Waals surface area contributed by atoms with Crippen LogP contribution in [-0.2, 0) is 4.79 Å². The minimum Gasteiger partial charge on any atom is -0.282 e. The SMILES string of the molecule is O=C1NC(=O)/C(=C/c2ccc(C3CCCCC3)cc2)S1. The van der Waals surface area contributed by atoms with E-state index in [1.807, 2.05) is 12.1 Å². The first-order chi connectivity index (χ1) is 9.72. The highest BCUT2D eigenvalue weighted by atomic mass is 32.2. The summed E-state index contributed by atoms with van der Waals surface area (Å²) in [6.07, 6.45) is 8.36. The number of carbonyl (C=O) groups excluding carboxylic acids is 2. The Labute approximate surface area is 122 Å². The monoisotopic (exact) mass is 287 g/mol. The van der Waals surface area contributed by atoms with E-state index in [9.17, 15) is 9.59 Å². The van der Waals surface area contributed by atoms with Crippen molar-refractivity contribution < 1.29 is 9.59 Å². The van der Waals surface area contributed by atoms with Gasteiger partial charge in [0.05, 0.1) is 4.91 Å². The molecule has 1 saturated carbocycles. The standard InChI is InChI=1S/C16H17NO2S/c18-15-14(20-16(19)17-15)10-11-6-8-13(9-7-11)12-4-2-1-3-5-12/h6-10,12H,1-5H2,(H,17,18,19)/b14-10-. The highest BCUT2D eigenvalue weighted by molar-refractivity contribution is 8.18. The molecule has 20 heavy (non-hydrogen) atoms. The Bertz CT molecular complexity index is 556. The van der Waals surface area contributed by atoms with Crippen molar-refractivity contribution >= 4 is 29.0 Å². The molecule has 2 fully saturated rings. The zero-order valence-electron chi connectivity index (χ0n) is 11.2. The maximum atomic E-state index is 11.5. The predicted octanol–water partition coefficient (Wildman–Crippen LogP) is 4.06. The summed E-state index contributed by atoms with van der Waals surface area (Å²) < 4.78 is 0.